The smallest absolute Gasteiger partial charge is 0.371 e. The summed E-state index contributed by atoms with van der Waals surface area (Å²) in [6.45, 7) is 7.94. The molecule has 21 heavy (non-hydrogen) atoms. The highest BCUT2D eigenvalue weighted by atomic mass is 16.4. The lowest BCUT2D eigenvalue weighted by molar-refractivity contribution is 0.0660. The van der Waals surface area contributed by atoms with Crippen LogP contribution in [0.1, 0.15) is 36.6 Å². The maximum atomic E-state index is 11.5. The van der Waals surface area contributed by atoms with E-state index >= 15 is 0 Å². The van der Waals surface area contributed by atoms with Crippen molar-refractivity contribution in [1.29, 1.82) is 0 Å². The number of carbonyl (C=O) groups excluding carboxylic acids is 1. The van der Waals surface area contributed by atoms with Crippen molar-refractivity contribution >= 4 is 12.0 Å². The zero-order valence-electron chi connectivity index (χ0n) is 12.5. The highest BCUT2D eigenvalue weighted by molar-refractivity contribution is 5.84. The highest BCUT2D eigenvalue weighted by Gasteiger charge is 2.09. The van der Waals surface area contributed by atoms with Crippen LogP contribution < -0.4 is 10.6 Å². The first-order valence-electron chi connectivity index (χ1n) is 7.12. The Morgan fingerprint density at radius 3 is 2.52 bits per heavy atom. The van der Waals surface area contributed by atoms with Crippen LogP contribution in [0.2, 0.25) is 0 Å². The van der Waals surface area contributed by atoms with Crippen LogP contribution in [0.4, 0.5) is 4.79 Å². The zero-order valence-corrected chi connectivity index (χ0v) is 12.5. The number of furan rings is 1. The molecule has 1 aromatic heterocycles. The average molecular weight is 297 g/mol. The van der Waals surface area contributed by atoms with Gasteiger partial charge in [-0.1, -0.05) is 13.8 Å². The molecule has 0 atom stereocenters. The standard InChI is InChI=1S/C14H23N3O4/c1-3-17(4-2)9-5-8-15-14(20)16-10-11-6-7-12(21-11)13(18)19/h6-7H,3-5,8-10H2,1-2H3,(H,18,19)(H2,15,16,20). The number of amides is 2. The first-order chi connectivity index (χ1) is 10.1. The van der Waals surface area contributed by atoms with Crippen molar-refractivity contribution in [3.05, 3.63) is 23.7 Å². The maximum Gasteiger partial charge on any atom is 0.371 e. The molecule has 0 aliphatic heterocycles. The molecule has 0 bridgehead atoms. The number of carbonyl (C=O) groups is 2. The molecule has 0 unspecified atom stereocenters. The highest BCUT2D eigenvalue weighted by Crippen LogP contribution is 2.07. The van der Waals surface area contributed by atoms with Crippen LogP contribution in [0.5, 0.6) is 0 Å². The van der Waals surface area contributed by atoms with Gasteiger partial charge in [-0.15, -0.1) is 0 Å². The Bertz CT molecular complexity index is 455. The van der Waals surface area contributed by atoms with Gasteiger partial charge in [0.05, 0.1) is 6.54 Å². The van der Waals surface area contributed by atoms with Crippen molar-refractivity contribution < 1.29 is 19.1 Å². The van der Waals surface area contributed by atoms with Crippen LogP contribution >= 0.6 is 0 Å². The Hall–Kier alpha value is -2.02. The van der Waals surface area contributed by atoms with Gasteiger partial charge in [-0.05, 0) is 38.2 Å². The van der Waals surface area contributed by atoms with Gasteiger partial charge < -0.3 is 25.1 Å². The minimum absolute atomic E-state index is 0.133. The fraction of sp³-hybridized carbons (Fsp3) is 0.571. The monoisotopic (exact) mass is 297 g/mol. The number of hydrogen-bond acceptors (Lipinski definition) is 4. The van der Waals surface area contributed by atoms with Crippen LogP contribution in [0.15, 0.2) is 16.5 Å². The van der Waals surface area contributed by atoms with Gasteiger partial charge in [-0.2, -0.15) is 0 Å². The second-order valence-electron chi connectivity index (χ2n) is 4.56. The number of aromatic carboxylic acids is 1. The van der Waals surface area contributed by atoms with Crippen LogP contribution in [-0.4, -0.2) is 48.2 Å². The normalized spacial score (nSPS) is 10.6. The maximum absolute atomic E-state index is 11.5. The van der Waals surface area contributed by atoms with E-state index in [0.717, 1.165) is 26.1 Å². The van der Waals surface area contributed by atoms with E-state index in [1.54, 1.807) is 0 Å². The fourth-order valence-corrected chi connectivity index (χ4v) is 1.86. The summed E-state index contributed by atoms with van der Waals surface area (Å²) in [5, 5.41) is 14.1. The molecule has 7 heteroatoms. The van der Waals surface area contributed by atoms with Gasteiger partial charge in [0, 0.05) is 6.54 Å². The van der Waals surface area contributed by atoms with Gasteiger partial charge in [-0.3, -0.25) is 0 Å². The topological polar surface area (TPSA) is 94.8 Å². The zero-order chi connectivity index (χ0) is 15.7. The number of rotatable bonds is 9. The number of nitrogens with one attached hydrogen (secondary N) is 2. The molecule has 118 valence electrons. The second kappa shape index (κ2) is 9.02. The summed E-state index contributed by atoms with van der Waals surface area (Å²) < 4.78 is 5.03. The molecular weight excluding hydrogens is 274 g/mol. The molecule has 0 aliphatic carbocycles. The SMILES string of the molecule is CCN(CC)CCCNC(=O)NCc1ccc(C(=O)O)o1. The van der Waals surface area contributed by atoms with Crippen LogP contribution in [0.25, 0.3) is 0 Å². The molecule has 0 fully saturated rings. The molecule has 0 aromatic carbocycles. The third-order valence-corrected chi connectivity index (χ3v) is 3.13. The largest absolute Gasteiger partial charge is 0.475 e. The summed E-state index contributed by atoms with van der Waals surface area (Å²) in [6, 6.07) is 2.61. The van der Waals surface area contributed by atoms with E-state index in [4.69, 9.17) is 9.52 Å². The first-order valence-corrected chi connectivity index (χ1v) is 7.12. The van der Waals surface area contributed by atoms with Crippen molar-refractivity contribution in [2.45, 2.75) is 26.8 Å². The molecule has 1 aromatic rings. The van der Waals surface area contributed by atoms with Crippen LogP contribution in [0, 0.1) is 0 Å². The van der Waals surface area contributed by atoms with E-state index in [1.807, 2.05) is 0 Å². The van der Waals surface area contributed by atoms with Gasteiger partial charge in [0.15, 0.2) is 0 Å². The molecule has 7 nitrogen and oxygen atoms in total. The molecule has 0 saturated heterocycles. The van der Waals surface area contributed by atoms with Crippen molar-refractivity contribution in [2.24, 2.45) is 0 Å². The van der Waals surface area contributed by atoms with Gasteiger partial charge in [-0.25, -0.2) is 9.59 Å². The van der Waals surface area contributed by atoms with Crippen molar-refractivity contribution in [3.8, 4) is 0 Å². The number of carboxylic acids is 1. The van der Waals surface area contributed by atoms with E-state index in [1.165, 1.54) is 12.1 Å². The van der Waals surface area contributed by atoms with E-state index in [0.29, 0.717) is 12.3 Å². The van der Waals surface area contributed by atoms with Gasteiger partial charge >= 0.3 is 12.0 Å². The Labute approximate surface area is 124 Å². The minimum atomic E-state index is -1.12. The molecule has 1 heterocycles. The summed E-state index contributed by atoms with van der Waals surface area (Å²) in [4.78, 5) is 24.5. The lowest BCUT2D eigenvalue weighted by Crippen LogP contribution is -2.36. The van der Waals surface area contributed by atoms with E-state index in [9.17, 15) is 9.59 Å². The van der Waals surface area contributed by atoms with Gasteiger partial charge in [0.25, 0.3) is 0 Å². The summed E-state index contributed by atoms with van der Waals surface area (Å²) in [5.74, 6) is -0.848. The molecular formula is C14H23N3O4. The van der Waals surface area contributed by atoms with Crippen molar-refractivity contribution in [2.75, 3.05) is 26.2 Å². The summed E-state index contributed by atoms with van der Waals surface area (Å²) >= 11 is 0. The Morgan fingerprint density at radius 2 is 1.95 bits per heavy atom. The molecule has 0 aliphatic rings. The predicted molar refractivity (Wildman–Crippen MR) is 78.3 cm³/mol. The number of urea groups is 1. The Balaban J connectivity index is 2.17. The number of hydrogen-bond donors (Lipinski definition) is 3. The lowest BCUT2D eigenvalue weighted by Gasteiger charge is -2.17. The van der Waals surface area contributed by atoms with Crippen LogP contribution in [-0.2, 0) is 6.54 Å². The van der Waals surface area contributed by atoms with E-state index in [-0.39, 0.29) is 18.3 Å². The minimum Gasteiger partial charge on any atom is -0.475 e. The third-order valence-electron chi connectivity index (χ3n) is 3.13. The first kappa shape index (κ1) is 17.0. The fourth-order valence-electron chi connectivity index (χ4n) is 1.86. The van der Waals surface area contributed by atoms with E-state index < -0.39 is 5.97 Å². The van der Waals surface area contributed by atoms with Gasteiger partial charge in [0.1, 0.15) is 5.76 Å². The Kier molecular flexibility index (Phi) is 7.31. The van der Waals surface area contributed by atoms with Crippen molar-refractivity contribution in [1.82, 2.24) is 15.5 Å². The third kappa shape index (κ3) is 6.31. The van der Waals surface area contributed by atoms with Gasteiger partial charge in [0.2, 0.25) is 5.76 Å². The second-order valence-corrected chi connectivity index (χ2v) is 4.56. The van der Waals surface area contributed by atoms with Crippen LogP contribution in [0.3, 0.4) is 0 Å². The lowest BCUT2D eigenvalue weighted by atomic mass is 10.3. The molecule has 2 amide bonds. The summed E-state index contributed by atoms with van der Waals surface area (Å²) in [7, 11) is 0. The molecule has 3 N–H and O–H groups in total. The van der Waals surface area contributed by atoms with E-state index in [2.05, 4.69) is 29.4 Å². The summed E-state index contributed by atoms with van der Waals surface area (Å²) in [6.07, 6.45) is 0.888. The van der Waals surface area contributed by atoms with Crippen molar-refractivity contribution in [3.63, 3.8) is 0 Å². The molecule has 1 rings (SSSR count). The summed E-state index contributed by atoms with van der Waals surface area (Å²) in [5.41, 5.74) is 0. The molecule has 0 saturated carbocycles. The quantitative estimate of drug-likeness (QED) is 0.601. The molecule has 0 spiro atoms. The number of nitrogens with zero attached hydrogens (tertiary/aromatic N) is 1. The molecule has 0 radical (unpaired) electrons. The Morgan fingerprint density at radius 1 is 1.24 bits per heavy atom. The number of carboxylic acid groups (broad SMARTS) is 1. The predicted octanol–water partition coefficient (Wildman–Crippen LogP) is 1.51. The average Bonchev–Trinajstić information content (AvgIpc) is 2.94.